The number of fused-ring (bicyclic) bond motifs is 1. The van der Waals surface area contributed by atoms with Crippen molar-refractivity contribution < 1.29 is 4.42 Å². The van der Waals surface area contributed by atoms with Gasteiger partial charge in [0, 0.05) is 12.3 Å². The number of rotatable bonds is 4. The SMILES string of the molecule is CCc1ccc(C(NC)C2Cc3ccccc32)o1. The first kappa shape index (κ1) is 11.5. The highest BCUT2D eigenvalue weighted by atomic mass is 16.3. The molecule has 0 bridgehead atoms. The van der Waals surface area contributed by atoms with Crippen molar-refractivity contribution in [3.8, 4) is 0 Å². The molecule has 0 amide bonds. The van der Waals surface area contributed by atoms with E-state index in [9.17, 15) is 0 Å². The van der Waals surface area contributed by atoms with E-state index in [0.717, 1.165) is 24.4 Å². The molecule has 1 aliphatic rings. The van der Waals surface area contributed by atoms with Gasteiger partial charge in [0.15, 0.2) is 0 Å². The molecular weight excluding hydrogens is 222 g/mol. The van der Waals surface area contributed by atoms with E-state index in [1.54, 1.807) is 0 Å². The molecule has 2 nitrogen and oxygen atoms in total. The second-order valence-corrected chi connectivity index (χ2v) is 4.93. The molecule has 0 saturated carbocycles. The molecule has 0 aliphatic heterocycles. The third-order valence-corrected chi connectivity index (χ3v) is 3.95. The van der Waals surface area contributed by atoms with Crippen LogP contribution in [0.5, 0.6) is 0 Å². The van der Waals surface area contributed by atoms with Crippen LogP contribution in [0.4, 0.5) is 0 Å². The van der Waals surface area contributed by atoms with E-state index in [0.29, 0.717) is 12.0 Å². The first-order valence-corrected chi connectivity index (χ1v) is 6.67. The smallest absolute Gasteiger partial charge is 0.121 e. The minimum absolute atomic E-state index is 0.292. The summed E-state index contributed by atoms with van der Waals surface area (Å²) in [5.41, 5.74) is 2.94. The summed E-state index contributed by atoms with van der Waals surface area (Å²) in [4.78, 5) is 0. The Kier molecular flexibility index (Phi) is 2.96. The van der Waals surface area contributed by atoms with Gasteiger partial charge < -0.3 is 9.73 Å². The Hall–Kier alpha value is -1.54. The zero-order valence-electron chi connectivity index (χ0n) is 10.9. The van der Waals surface area contributed by atoms with Crippen LogP contribution >= 0.6 is 0 Å². The molecule has 18 heavy (non-hydrogen) atoms. The van der Waals surface area contributed by atoms with E-state index in [1.165, 1.54) is 11.1 Å². The van der Waals surface area contributed by atoms with Gasteiger partial charge in [-0.3, -0.25) is 0 Å². The number of nitrogens with one attached hydrogen (secondary N) is 1. The molecule has 2 heteroatoms. The summed E-state index contributed by atoms with van der Waals surface area (Å²) in [5.74, 6) is 2.67. The van der Waals surface area contributed by atoms with Gasteiger partial charge in [-0.25, -0.2) is 0 Å². The molecule has 1 aliphatic carbocycles. The van der Waals surface area contributed by atoms with Crippen LogP contribution in [0.15, 0.2) is 40.8 Å². The van der Waals surface area contributed by atoms with E-state index in [4.69, 9.17) is 4.42 Å². The number of hydrogen-bond acceptors (Lipinski definition) is 2. The van der Waals surface area contributed by atoms with E-state index >= 15 is 0 Å². The first-order chi connectivity index (χ1) is 8.83. The fourth-order valence-electron chi connectivity index (χ4n) is 2.89. The Balaban J connectivity index is 1.87. The van der Waals surface area contributed by atoms with Crippen LogP contribution in [0, 0.1) is 0 Å². The molecular formula is C16H19NO. The fourth-order valence-corrected chi connectivity index (χ4v) is 2.89. The minimum atomic E-state index is 0.292. The number of aryl methyl sites for hydroxylation is 1. The van der Waals surface area contributed by atoms with Gasteiger partial charge in [-0.1, -0.05) is 31.2 Å². The van der Waals surface area contributed by atoms with E-state index in [2.05, 4.69) is 48.6 Å². The maximum absolute atomic E-state index is 5.90. The third-order valence-electron chi connectivity index (χ3n) is 3.95. The summed E-state index contributed by atoms with van der Waals surface area (Å²) in [6.45, 7) is 2.12. The predicted molar refractivity (Wildman–Crippen MR) is 72.8 cm³/mol. The van der Waals surface area contributed by atoms with Gasteiger partial charge in [0.05, 0.1) is 6.04 Å². The summed E-state index contributed by atoms with van der Waals surface area (Å²) in [6, 6.07) is 13.2. The predicted octanol–water partition coefficient (Wildman–Crippen LogP) is 3.44. The van der Waals surface area contributed by atoms with Gasteiger partial charge in [-0.2, -0.15) is 0 Å². The molecule has 2 atom stereocenters. The number of benzene rings is 1. The lowest BCUT2D eigenvalue weighted by Gasteiger charge is -2.35. The Bertz CT molecular complexity index is 544. The normalized spacial score (nSPS) is 19.1. The van der Waals surface area contributed by atoms with Crippen LogP contribution in [0.2, 0.25) is 0 Å². The van der Waals surface area contributed by atoms with Gasteiger partial charge >= 0.3 is 0 Å². The fraction of sp³-hybridized carbons (Fsp3) is 0.375. The topological polar surface area (TPSA) is 25.2 Å². The monoisotopic (exact) mass is 241 g/mol. The molecule has 0 saturated heterocycles. The Labute approximate surface area is 108 Å². The molecule has 3 rings (SSSR count). The lowest BCUT2D eigenvalue weighted by molar-refractivity contribution is 0.350. The number of likely N-dealkylation sites (N-methyl/N-ethyl adjacent to an activating group) is 1. The molecule has 0 radical (unpaired) electrons. The van der Waals surface area contributed by atoms with Crippen molar-refractivity contribution in [2.24, 2.45) is 0 Å². The van der Waals surface area contributed by atoms with Crippen LogP contribution in [-0.4, -0.2) is 7.05 Å². The van der Waals surface area contributed by atoms with Gasteiger partial charge in [0.2, 0.25) is 0 Å². The summed E-state index contributed by atoms with van der Waals surface area (Å²) >= 11 is 0. The van der Waals surface area contributed by atoms with Crippen LogP contribution in [0.1, 0.15) is 41.5 Å². The summed E-state index contributed by atoms with van der Waals surface area (Å²) in [5, 5.41) is 3.40. The molecule has 0 fully saturated rings. The number of hydrogen-bond donors (Lipinski definition) is 1. The summed E-state index contributed by atoms with van der Waals surface area (Å²) < 4.78 is 5.90. The standard InChI is InChI=1S/C16H19NO/c1-3-12-8-9-15(18-12)16(17-2)14-10-11-6-4-5-7-13(11)14/h4-9,14,16-17H,3,10H2,1-2H3. The number of furan rings is 1. The second kappa shape index (κ2) is 4.62. The Morgan fingerprint density at radius 3 is 2.78 bits per heavy atom. The summed E-state index contributed by atoms with van der Waals surface area (Å²) in [6.07, 6.45) is 2.10. The average molecular weight is 241 g/mol. The Morgan fingerprint density at radius 1 is 1.28 bits per heavy atom. The lowest BCUT2D eigenvalue weighted by Crippen LogP contribution is -2.31. The molecule has 0 spiro atoms. The van der Waals surface area contributed by atoms with Gasteiger partial charge in [0.25, 0.3) is 0 Å². The molecule has 1 heterocycles. The van der Waals surface area contributed by atoms with Crippen LogP contribution in [-0.2, 0) is 12.8 Å². The molecule has 94 valence electrons. The lowest BCUT2D eigenvalue weighted by atomic mass is 9.73. The molecule has 1 aromatic heterocycles. The third kappa shape index (κ3) is 1.77. The van der Waals surface area contributed by atoms with Gasteiger partial charge in [-0.15, -0.1) is 0 Å². The zero-order valence-corrected chi connectivity index (χ0v) is 10.9. The second-order valence-electron chi connectivity index (χ2n) is 4.93. The van der Waals surface area contributed by atoms with Crippen molar-refractivity contribution in [2.45, 2.75) is 31.7 Å². The van der Waals surface area contributed by atoms with Gasteiger partial charge in [-0.05, 0) is 36.7 Å². The maximum atomic E-state index is 5.90. The first-order valence-electron chi connectivity index (χ1n) is 6.67. The highest BCUT2D eigenvalue weighted by Gasteiger charge is 2.34. The van der Waals surface area contributed by atoms with E-state index in [-0.39, 0.29) is 0 Å². The maximum Gasteiger partial charge on any atom is 0.121 e. The van der Waals surface area contributed by atoms with Crippen LogP contribution < -0.4 is 5.32 Å². The van der Waals surface area contributed by atoms with Crippen LogP contribution in [0.25, 0.3) is 0 Å². The average Bonchev–Trinajstić information content (AvgIpc) is 2.84. The van der Waals surface area contributed by atoms with Crippen molar-refractivity contribution >= 4 is 0 Å². The Morgan fingerprint density at radius 2 is 2.11 bits per heavy atom. The largest absolute Gasteiger partial charge is 0.464 e. The van der Waals surface area contributed by atoms with Crippen LogP contribution in [0.3, 0.4) is 0 Å². The van der Waals surface area contributed by atoms with Crippen molar-refractivity contribution in [1.29, 1.82) is 0 Å². The van der Waals surface area contributed by atoms with Crippen molar-refractivity contribution in [2.75, 3.05) is 7.05 Å². The summed E-state index contributed by atoms with van der Waals surface area (Å²) in [7, 11) is 2.01. The molecule has 2 aromatic rings. The minimum Gasteiger partial charge on any atom is -0.464 e. The van der Waals surface area contributed by atoms with E-state index < -0.39 is 0 Å². The zero-order chi connectivity index (χ0) is 12.5. The van der Waals surface area contributed by atoms with Crippen molar-refractivity contribution in [3.63, 3.8) is 0 Å². The van der Waals surface area contributed by atoms with Crippen molar-refractivity contribution in [3.05, 3.63) is 59.0 Å². The van der Waals surface area contributed by atoms with Gasteiger partial charge in [0.1, 0.15) is 11.5 Å². The highest BCUT2D eigenvalue weighted by molar-refractivity contribution is 5.42. The highest BCUT2D eigenvalue weighted by Crippen LogP contribution is 2.43. The molecule has 2 unspecified atom stereocenters. The molecule has 1 N–H and O–H groups in total. The van der Waals surface area contributed by atoms with Crippen molar-refractivity contribution in [1.82, 2.24) is 5.32 Å². The quantitative estimate of drug-likeness (QED) is 0.887. The van der Waals surface area contributed by atoms with E-state index in [1.807, 2.05) is 7.05 Å². The molecule has 1 aromatic carbocycles.